The summed E-state index contributed by atoms with van der Waals surface area (Å²) in [6.07, 6.45) is 0. The maximum absolute atomic E-state index is 12.1. The van der Waals surface area contributed by atoms with E-state index in [1.807, 2.05) is 6.92 Å². The first-order valence-electron chi connectivity index (χ1n) is 6.53. The van der Waals surface area contributed by atoms with Crippen LogP contribution < -0.4 is 5.32 Å². The zero-order chi connectivity index (χ0) is 16.3. The third-order valence-electron chi connectivity index (χ3n) is 2.98. The molecule has 2 rings (SSSR count). The van der Waals surface area contributed by atoms with Crippen LogP contribution >= 0.6 is 11.8 Å². The van der Waals surface area contributed by atoms with Gasteiger partial charge >= 0.3 is 0 Å². The van der Waals surface area contributed by atoms with Gasteiger partial charge < -0.3 is 9.73 Å². The van der Waals surface area contributed by atoms with E-state index in [1.165, 1.54) is 30.0 Å². The summed E-state index contributed by atoms with van der Waals surface area (Å²) in [5, 5.41) is 13.3. The molecule has 2 aromatic rings. The summed E-state index contributed by atoms with van der Waals surface area (Å²) < 4.78 is 5.42. The van der Waals surface area contributed by atoms with Crippen LogP contribution in [-0.2, 0) is 4.79 Å². The van der Waals surface area contributed by atoms with Crippen molar-refractivity contribution >= 4 is 29.0 Å². The molecule has 116 valence electrons. The third kappa shape index (κ3) is 3.85. The summed E-state index contributed by atoms with van der Waals surface area (Å²) >= 11 is 1.19. The molecule has 0 spiro atoms. The molecule has 1 N–H and O–H groups in total. The molecule has 7 nitrogen and oxygen atoms in total. The predicted molar refractivity (Wildman–Crippen MR) is 83.0 cm³/mol. The van der Waals surface area contributed by atoms with Crippen LogP contribution in [0.5, 0.6) is 0 Å². The molecule has 0 saturated carbocycles. The number of hydrogen-bond acceptors (Lipinski definition) is 6. The van der Waals surface area contributed by atoms with Crippen molar-refractivity contribution in [1.82, 2.24) is 4.98 Å². The van der Waals surface area contributed by atoms with E-state index in [-0.39, 0.29) is 11.6 Å². The fraction of sp³-hybridized carbons (Fsp3) is 0.286. The molecule has 0 radical (unpaired) electrons. The fourth-order valence-electron chi connectivity index (χ4n) is 1.64. The molecule has 1 aromatic heterocycles. The quantitative estimate of drug-likeness (QED) is 0.515. The molecule has 0 aliphatic heterocycles. The highest BCUT2D eigenvalue weighted by molar-refractivity contribution is 8.00. The van der Waals surface area contributed by atoms with Crippen LogP contribution in [0.25, 0.3) is 0 Å². The number of carbonyl (C=O) groups is 1. The number of nitrogens with one attached hydrogen (secondary N) is 1. The monoisotopic (exact) mass is 321 g/mol. The Labute approximate surface area is 131 Å². The van der Waals surface area contributed by atoms with E-state index >= 15 is 0 Å². The molecule has 22 heavy (non-hydrogen) atoms. The van der Waals surface area contributed by atoms with E-state index < -0.39 is 10.2 Å². The molecule has 1 atom stereocenters. The van der Waals surface area contributed by atoms with Crippen LogP contribution in [0, 0.1) is 24.0 Å². The lowest BCUT2D eigenvalue weighted by Crippen LogP contribution is -2.22. The van der Waals surface area contributed by atoms with Gasteiger partial charge in [0.2, 0.25) is 5.91 Å². The number of benzene rings is 1. The lowest BCUT2D eigenvalue weighted by molar-refractivity contribution is -0.384. The highest BCUT2D eigenvalue weighted by Gasteiger charge is 2.19. The summed E-state index contributed by atoms with van der Waals surface area (Å²) in [6.45, 7) is 5.35. The molecule has 0 fully saturated rings. The van der Waals surface area contributed by atoms with E-state index in [2.05, 4.69) is 10.3 Å². The Morgan fingerprint density at radius 3 is 2.77 bits per heavy atom. The standard InChI is InChI=1S/C14H15N3O4S/c1-8-9(2)21-14(15-8)22-10(3)13(18)16-11-5-4-6-12(7-11)17(19)20/h4-7,10H,1-3H3,(H,16,18). The average molecular weight is 321 g/mol. The van der Waals surface area contributed by atoms with Crippen molar-refractivity contribution in [3.8, 4) is 0 Å². The van der Waals surface area contributed by atoms with Gasteiger partial charge in [-0.3, -0.25) is 14.9 Å². The number of nitrogens with zero attached hydrogens (tertiary/aromatic N) is 2. The molecule has 1 aromatic carbocycles. The number of anilines is 1. The van der Waals surface area contributed by atoms with E-state index in [0.717, 1.165) is 5.69 Å². The summed E-state index contributed by atoms with van der Waals surface area (Å²) in [5.74, 6) is 0.438. The van der Waals surface area contributed by atoms with Gasteiger partial charge in [-0.1, -0.05) is 17.8 Å². The Balaban J connectivity index is 2.02. The summed E-state index contributed by atoms with van der Waals surface area (Å²) in [5.41, 5.74) is 1.09. The number of hydrogen-bond donors (Lipinski definition) is 1. The molecule has 0 bridgehead atoms. The Bertz CT molecular complexity index is 694. The number of thioether (sulfide) groups is 1. The van der Waals surface area contributed by atoms with E-state index in [0.29, 0.717) is 16.7 Å². The Kier molecular flexibility index (Phi) is 4.81. The van der Waals surface area contributed by atoms with Crippen molar-refractivity contribution in [1.29, 1.82) is 0 Å². The second kappa shape index (κ2) is 6.61. The summed E-state index contributed by atoms with van der Waals surface area (Å²) in [7, 11) is 0. The van der Waals surface area contributed by atoms with Gasteiger partial charge in [0, 0.05) is 17.8 Å². The molecule has 0 aliphatic rings. The van der Waals surface area contributed by atoms with Crippen molar-refractivity contribution in [2.75, 3.05) is 5.32 Å². The Morgan fingerprint density at radius 1 is 1.45 bits per heavy atom. The van der Waals surface area contributed by atoms with Crippen LogP contribution in [0.1, 0.15) is 18.4 Å². The summed E-state index contributed by atoms with van der Waals surface area (Å²) in [4.78, 5) is 26.5. The highest BCUT2D eigenvalue weighted by atomic mass is 32.2. The first-order chi connectivity index (χ1) is 10.4. The van der Waals surface area contributed by atoms with Gasteiger partial charge in [0.25, 0.3) is 10.9 Å². The lowest BCUT2D eigenvalue weighted by Gasteiger charge is -2.09. The van der Waals surface area contributed by atoms with E-state index in [1.54, 1.807) is 19.9 Å². The van der Waals surface area contributed by atoms with Gasteiger partial charge in [0.15, 0.2) is 0 Å². The number of carbonyl (C=O) groups excluding carboxylic acids is 1. The van der Waals surface area contributed by atoms with E-state index in [4.69, 9.17) is 4.42 Å². The molecule has 1 heterocycles. The number of amides is 1. The zero-order valence-corrected chi connectivity index (χ0v) is 13.1. The topological polar surface area (TPSA) is 98.3 Å². The van der Waals surface area contributed by atoms with Gasteiger partial charge in [0.1, 0.15) is 5.76 Å². The predicted octanol–water partition coefficient (Wildman–Crippen LogP) is 3.32. The van der Waals surface area contributed by atoms with E-state index in [9.17, 15) is 14.9 Å². The van der Waals surface area contributed by atoms with Gasteiger partial charge in [0.05, 0.1) is 15.9 Å². The first-order valence-corrected chi connectivity index (χ1v) is 7.41. The molecule has 0 saturated heterocycles. The van der Waals surface area contributed by atoms with Crippen molar-refractivity contribution in [3.05, 3.63) is 45.8 Å². The van der Waals surface area contributed by atoms with Crippen LogP contribution in [0.2, 0.25) is 0 Å². The smallest absolute Gasteiger partial charge is 0.271 e. The highest BCUT2D eigenvalue weighted by Crippen LogP contribution is 2.26. The first kappa shape index (κ1) is 16.0. The maximum atomic E-state index is 12.1. The van der Waals surface area contributed by atoms with Gasteiger partial charge in [-0.25, -0.2) is 4.98 Å². The summed E-state index contributed by atoms with van der Waals surface area (Å²) in [6, 6.07) is 5.80. The van der Waals surface area contributed by atoms with Crippen LogP contribution in [0.3, 0.4) is 0 Å². The molecule has 1 unspecified atom stereocenters. The Morgan fingerprint density at radius 2 is 2.18 bits per heavy atom. The molecule has 8 heteroatoms. The zero-order valence-electron chi connectivity index (χ0n) is 12.3. The number of oxazole rings is 1. The largest absolute Gasteiger partial charge is 0.437 e. The van der Waals surface area contributed by atoms with Crippen molar-refractivity contribution < 1.29 is 14.1 Å². The SMILES string of the molecule is Cc1nc(SC(C)C(=O)Nc2cccc([N+](=O)[O-])c2)oc1C. The second-order valence-corrected chi connectivity index (χ2v) is 5.97. The van der Waals surface area contributed by atoms with Crippen LogP contribution in [-0.4, -0.2) is 21.1 Å². The average Bonchev–Trinajstić information content (AvgIpc) is 2.77. The number of nitro benzene ring substituents is 1. The molecular weight excluding hydrogens is 306 g/mol. The number of aromatic nitrogens is 1. The number of rotatable bonds is 5. The van der Waals surface area contributed by atoms with Crippen LogP contribution in [0.4, 0.5) is 11.4 Å². The maximum Gasteiger partial charge on any atom is 0.271 e. The second-order valence-electron chi connectivity index (χ2n) is 4.68. The minimum absolute atomic E-state index is 0.0722. The number of non-ortho nitro benzene ring substituents is 1. The van der Waals surface area contributed by atoms with Crippen LogP contribution in [0.15, 0.2) is 33.9 Å². The fourth-order valence-corrected chi connectivity index (χ4v) is 2.47. The van der Waals surface area contributed by atoms with Crippen molar-refractivity contribution in [3.63, 3.8) is 0 Å². The van der Waals surface area contributed by atoms with Crippen molar-refractivity contribution in [2.24, 2.45) is 0 Å². The van der Waals surface area contributed by atoms with Crippen molar-refractivity contribution in [2.45, 2.75) is 31.2 Å². The number of aryl methyl sites for hydroxylation is 2. The molecule has 0 aliphatic carbocycles. The minimum atomic E-state index is -0.508. The minimum Gasteiger partial charge on any atom is -0.437 e. The third-order valence-corrected chi connectivity index (χ3v) is 3.92. The normalized spacial score (nSPS) is 12.0. The Hall–Kier alpha value is -2.35. The number of nitro groups is 1. The molecular formula is C14H15N3O4S. The van der Waals surface area contributed by atoms with Gasteiger partial charge in [-0.15, -0.1) is 0 Å². The van der Waals surface area contributed by atoms with Gasteiger partial charge in [-0.05, 0) is 26.8 Å². The van der Waals surface area contributed by atoms with Gasteiger partial charge in [-0.2, -0.15) is 0 Å². The molecule has 1 amide bonds. The lowest BCUT2D eigenvalue weighted by atomic mass is 10.2.